The highest BCUT2D eigenvalue weighted by atomic mass is 16.5. The number of ketones is 1. The van der Waals surface area contributed by atoms with Crippen molar-refractivity contribution in [1.29, 1.82) is 0 Å². The summed E-state index contributed by atoms with van der Waals surface area (Å²) < 4.78 is 5.93. The van der Waals surface area contributed by atoms with Gasteiger partial charge in [-0.15, -0.1) is 0 Å². The average Bonchev–Trinajstić information content (AvgIpc) is 2.50. The van der Waals surface area contributed by atoms with E-state index in [9.17, 15) is 15.0 Å². The summed E-state index contributed by atoms with van der Waals surface area (Å²) in [6.45, 7) is 5.26. The molecular formula is C18H18O4. The molecule has 0 spiro atoms. The fraction of sp³-hybridized carbons (Fsp3) is 0.278. The van der Waals surface area contributed by atoms with Crippen molar-refractivity contribution >= 4 is 5.78 Å². The smallest absolute Gasteiger partial charge is 0.174 e. The summed E-state index contributed by atoms with van der Waals surface area (Å²) in [5.74, 6) is -0.114. The van der Waals surface area contributed by atoms with E-state index in [0.717, 1.165) is 11.1 Å². The molecule has 114 valence electrons. The lowest BCUT2D eigenvalue weighted by Crippen LogP contribution is -2.21. The number of hydrogen-bond acceptors (Lipinski definition) is 4. The van der Waals surface area contributed by atoms with Gasteiger partial charge in [0, 0.05) is 11.1 Å². The fourth-order valence-corrected chi connectivity index (χ4v) is 2.81. The van der Waals surface area contributed by atoms with Crippen molar-refractivity contribution in [2.75, 3.05) is 0 Å². The number of fused-ring (bicyclic) bond motifs is 1. The topological polar surface area (TPSA) is 66.8 Å². The highest BCUT2D eigenvalue weighted by molar-refractivity contribution is 6.03. The van der Waals surface area contributed by atoms with Gasteiger partial charge < -0.3 is 14.9 Å². The zero-order chi connectivity index (χ0) is 16.0. The number of aromatic hydroxyl groups is 2. The zero-order valence-electron chi connectivity index (χ0n) is 12.8. The van der Waals surface area contributed by atoms with Gasteiger partial charge in [0.2, 0.25) is 0 Å². The van der Waals surface area contributed by atoms with Crippen LogP contribution in [-0.4, -0.2) is 16.0 Å². The Kier molecular flexibility index (Phi) is 3.32. The number of ether oxygens (including phenoxy) is 1. The van der Waals surface area contributed by atoms with Crippen LogP contribution in [0.2, 0.25) is 0 Å². The van der Waals surface area contributed by atoms with Crippen molar-refractivity contribution in [3.63, 3.8) is 0 Å². The molecule has 2 aromatic carbocycles. The molecule has 1 heterocycles. The van der Waals surface area contributed by atoms with Gasteiger partial charge in [-0.05, 0) is 26.3 Å². The van der Waals surface area contributed by atoms with Crippen molar-refractivity contribution < 1.29 is 19.7 Å². The van der Waals surface area contributed by atoms with Gasteiger partial charge in [-0.3, -0.25) is 4.79 Å². The number of hydrogen-bond donors (Lipinski definition) is 2. The second-order valence-corrected chi connectivity index (χ2v) is 5.80. The van der Waals surface area contributed by atoms with Gasteiger partial charge in [-0.1, -0.05) is 29.8 Å². The number of aryl methyl sites for hydroxylation is 1. The molecule has 1 aliphatic heterocycles. The van der Waals surface area contributed by atoms with E-state index in [0.29, 0.717) is 11.1 Å². The standard InChI is InChI=1S/C18H18O4/c1-9-4-6-12(7-5-9)14-8-13(19)15-17(21)10(2)16(20)11(3)18(15)22-14/h4-7,14,20-21H,8H2,1-3H3. The Hall–Kier alpha value is -2.49. The first-order chi connectivity index (χ1) is 10.4. The van der Waals surface area contributed by atoms with Crippen molar-refractivity contribution in [2.45, 2.75) is 33.3 Å². The van der Waals surface area contributed by atoms with Crippen LogP contribution >= 0.6 is 0 Å². The summed E-state index contributed by atoms with van der Waals surface area (Å²) in [4.78, 5) is 12.5. The van der Waals surface area contributed by atoms with Gasteiger partial charge >= 0.3 is 0 Å². The lowest BCUT2D eigenvalue weighted by Gasteiger charge is -2.28. The number of rotatable bonds is 1. The molecule has 3 rings (SSSR count). The van der Waals surface area contributed by atoms with Gasteiger partial charge in [-0.2, -0.15) is 0 Å². The molecule has 1 atom stereocenters. The maximum absolute atomic E-state index is 12.5. The predicted molar refractivity (Wildman–Crippen MR) is 82.7 cm³/mol. The number of Topliss-reactive ketones (excluding diaryl/α,β-unsaturated/α-hetero) is 1. The van der Waals surface area contributed by atoms with Crippen LogP contribution in [0.1, 0.15) is 45.1 Å². The lowest BCUT2D eigenvalue weighted by atomic mass is 9.91. The Balaban J connectivity index is 2.09. The Morgan fingerprint density at radius 2 is 1.64 bits per heavy atom. The molecule has 0 radical (unpaired) electrons. The van der Waals surface area contributed by atoms with Crippen LogP contribution in [0.25, 0.3) is 0 Å². The minimum absolute atomic E-state index is 0.0337. The summed E-state index contributed by atoms with van der Waals surface area (Å²) >= 11 is 0. The van der Waals surface area contributed by atoms with Gasteiger partial charge in [0.15, 0.2) is 5.78 Å². The third-order valence-electron chi connectivity index (χ3n) is 4.23. The van der Waals surface area contributed by atoms with E-state index in [1.54, 1.807) is 13.8 Å². The molecule has 1 unspecified atom stereocenters. The highest BCUT2D eigenvalue weighted by Gasteiger charge is 2.33. The van der Waals surface area contributed by atoms with Crippen molar-refractivity contribution in [3.05, 3.63) is 52.1 Å². The first-order valence-corrected chi connectivity index (χ1v) is 7.21. The molecule has 0 aromatic heterocycles. The first-order valence-electron chi connectivity index (χ1n) is 7.21. The summed E-state index contributed by atoms with van der Waals surface area (Å²) in [7, 11) is 0. The Morgan fingerprint density at radius 3 is 2.27 bits per heavy atom. The Morgan fingerprint density at radius 1 is 1.00 bits per heavy atom. The zero-order valence-corrected chi connectivity index (χ0v) is 12.8. The summed E-state index contributed by atoms with van der Waals surface area (Å²) in [5, 5.41) is 20.2. The van der Waals surface area contributed by atoms with Crippen LogP contribution in [0, 0.1) is 20.8 Å². The summed E-state index contributed by atoms with van der Waals surface area (Å²) in [5.41, 5.74) is 3.01. The van der Waals surface area contributed by atoms with Crippen LogP contribution in [0.3, 0.4) is 0 Å². The molecule has 0 saturated heterocycles. The first kappa shape index (κ1) is 14.4. The minimum Gasteiger partial charge on any atom is -0.507 e. The third kappa shape index (κ3) is 2.11. The van der Waals surface area contributed by atoms with Crippen LogP contribution in [0.4, 0.5) is 0 Å². The summed E-state index contributed by atoms with van der Waals surface area (Å²) in [6.07, 6.45) is -0.228. The van der Waals surface area contributed by atoms with E-state index in [4.69, 9.17) is 4.74 Å². The highest BCUT2D eigenvalue weighted by Crippen LogP contribution is 2.47. The van der Waals surface area contributed by atoms with E-state index < -0.39 is 6.10 Å². The molecule has 4 heteroatoms. The normalized spacial score (nSPS) is 17.0. The van der Waals surface area contributed by atoms with Gasteiger partial charge in [0.05, 0.1) is 6.42 Å². The molecule has 4 nitrogen and oxygen atoms in total. The summed E-state index contributed by atoms with van der Waals surface area (Å²) in [6, 6.07) is 7.80. The number of phenols is 2. The minimum atomic E-state index is -0.402. The lowest BCUT2D eigenvalue weighted by molar-refractivity contribution is 0.0842. The average molecular weight is 298 g/mol. The van der Waals surface area contributed by atoms with Crippen molar-refractivity contribution in [1.82, 2.24) is 0 Å². The van der Waals surface area contributed by atoms with Gasteiger partial charge in [0.25, 0.3) is 0 Å². The van der Waals surface area contributed by atoms with Crippen molar-refractivity contribution in [3.8, 4) is 17.2 Å². The van der Waals surface area contributed by atoms with Gasteiger partial charge in [0.1, 0.15) is 28.9 Å². The molecular weight excluding hydrogens is 280 g/mol. The number of benzene rings is 2. The van der Waals surface area contributed by atoms with Crippen LogP contribution in [0.15, 0.2) is 24.3 Å². The largest absolute Gasteiger partial charge is 0.507 e. The van der Waals surface area contributed by atoms with E-state index in [1.165, 1.54) is 0 Å². The maximum Gasteiger partial charge on any atom is 0.174 e. The van der Waals surface area contributed by atoms with Crippen LogP contribution in [-0.2, 0) is 0 Å². The molecule has 0 saturated carbocycles. The molecule has 2 aromatic rings. The Bertz CT molecular complexity index is 760. The SMILES string of the molecule is Cc1ccc(C2CC(=O)c3c(O)c(C)c(O)c(C)c3O2)cc1. The fourth-order valence-electron chi connectivity index (χ4n) is 2.81. The van der Waals surface area contributed by atoms with Crippen LogP contribution in [0.5, 0.6) is 17.2 Å². The third-order valence-corrected chi connectivity index (χ3v) is 4.23. The van der Waals surface area contributed by atoms with E-state index in [2.05, 4.69) is 0 Å². The molecule has 0 amide bonds. The predicted octanol–water partition coefficient (Wildman–Crippen LogP) is 3.73. The molecule has 0 bridgehead atoms. The van der Waals surface area contributed by atoms with Gasteiger partial charge in [-0.25, -0.2) is 0 Å². The van der Waals surface area contributed by atoms with E-state index in [1.807, 2.05) is 31.2 Å². The monoisotopic (exact) mass is 298 g/mol. The van der Waals surface area contributed by atoms with E-state index in [-0.39, 0.29) is 35.0 Å². The molecule has 0 fully saturated rings. The number of phenolic OH excluding ortho intramolecular Hbond substituents is 2. The second-order valence-electron chi connectivity index (χ2n) is 5.80. The van der Waals surface area contributed by atoms with Crippen LogP contribution < -0.4 is 4.74 Å². The van der Waals surface area contributed by atoms with E-state index >= 15 is 0 Å². The molecule has 0 aliphatic carbocycles. The quantitative estimate of drug-likeness (QED) is 0.842. The second kappa shape index (κ2) is 5.05. The van der Waals surface area contributed by atoms with Crippen molar-refractivity contribution in [2.24, 2.45) is 0 Å². The number of carbonyl (C=O) groups is 1. The molecule has 2 N–H and O–H groups in total. The Labute approximate surface area is 129 Å². The molecule has 1 aliphatic rings. The maximum atomic E-state index is 12.5. The molecule has 22 heavy (non-hydrogen) atoms. The number of carbonyl (C=O) groups excluding carboxylic acids is 1.